The minimum atomic E-state index is -0.749. The third-order valence-electron chi connectivity index (χ3n) is 6.23. The molecule has 0 aliphatic heterocycles. The van der Waals surface area contributed by atoms with E-state index >= 15 is 0 Å². The van der Waals surface area contributed by atoms with Gasteiger partial charge in [-0.05, 0) is 83.6 Å². The molecule has 0 unspecified atom stereocenters. The summed E-state index contributed by atoms with van der Waals surface area (Å²) in [6.45, 7) is 10.1. The number of rotatable bonds is 11. The summed E-state index contributed by atoms with van der Waals surface area (Å²) in [5.74, 6) is 1.13. The maximum Gasteiger partial charge on any atom is 0.261 e. The lowest BCUT2D eigenvalue weighted by atomic mass is 10.0. The van der Waals surface area contributed by atoms with Crippen molar-refractivity contribution in [2.75, 3.05) is 13.7 Å². The molecule has 0 spiro atoms. The van der Waals surface area contributed by atoms with Crippen molar-refractivity contribution >= 4 is 27.7 Å². The molecule has 0 saturated carbocycles. The summed E-state index contributed by atoms with van der Waals surface area (Å²) in [5, 5.41) is 3.08. The lowest BCUT2D eigenvalue weighted by molar-refractivity contribution is -0.143. The van der Waals surface area contributed by atoms with E-state index in [9.17, 15) is 9.59 Å². The molecule has 0 aliphatic rings. The van der Waals surface area contributed by atoms with E-state index in [4.69, 9.17) is 9.47 Å². The van der Waals surface area contributed by atoms with E-state index in [1.165, 1.54) is 5.56 Å². The number of carbonyl (C=O) groups is 2. The molecule has 3 rings (SSSR count). The topological polar surface area (TPSA) is 67.9 Å². The Morgan fingerprint density at radius 3 is 2.26 bits per heavy atom. The van der Waals surface area contributed by atoms with Gasteiger partial charge >= 0.3 is 0 Å². The molecular weight excluding hydrogens is 556 g/mol. The maximum atomic E-state index is 13.8. The van der Waals surface area contributed by atoms with Crippen LogP contribution in [-0.4, -0.2) is 42.0 Å². The fraction of sp³-hybridized carbons (Fsp3) is 0.375. The number of carbonyl (C=O) groups excluding carboxylic acids is 2. The van der Waals surface area contributed by atoms with E-state index in [2.05, 4.69) is 35.1 Å². The summed E-state index contributed by atoms with van der Waals surface area (Å²) in [4.78, 5) is 29.1. The summed E-state index contributed by atoms with van der Waals surface area (Å²) in [7, 11) is 1.60. The van der Waals surface area contributed by atoms with Crippen molar-refractivity contribution < 1.29 is 19.1 Å². The van der Waals surface area contributed by atoms with Crippen molar-refractivity contribution in [3.05, 3.63) is 94.0 Å². The number of methoxy groups -OCH3 is 1. The SMILES string of the molecule is COc1cccc(CN(C(=O)COc2ccc(C(C)C)cc2Br)[C@@H](Cc2ccccc2)C(=O)NC(C)(C)C)c1. The minimum Gasteiger partial charge on any atom is -0.497 e. The molecule has 3 aromatic rings. The quantitative estimate of drug-likeness (QED) is 0.274. The zero-order valence-electron chi connectivity index (χ0n) is 23.7. The highest BCUT2D eigenvalue weighted by molar-refractivity contribution is 9.10. The Morgan fingerprint density at radius 1 is 0.949 bits per heavy atom. The lowest BCUT2D eigenvalue weighted by Crippen LogP contribution is -2.55. The van der Waals surface area contributed by atoms with Crippen molar-refractivity contribution in [2.24, 2.45) is 0 Å². The van der Waals surface area contributed by atoms with Gasteiger partial charge in [-0.25, -0.2) is 0 Å². The molecule has 6 nitrogen and oxygen atoms in total. The van der Waals surface area contributed by atoms with Crippen LogP contribution in [0.1, 0.15) is 57.2 Å². The van der Waals surface area contributed by atoms with Crippen LogP contribution in [0.25, 0.3) is 0 Å². The van der Waals surface area contributed by atoms with Crippen LogP contribution in [-0.2, 0) is 22.6 Å². The Kier molecular flexibility index (Phi) is 10.6. The van der Waals surface area contributed by atoms with E-state index in [1.807, 2.05) is 93.6 Å². The Hall–Kier alpha value is -3.32. The molecule has 0 aromatic heterocycles. The molecule has 0 heterocycles. The lowest BCUT2D eigenvalue weighted by Gasteiger charge is -2.34. The number of amides is 2. The number of nitrogens with zero attached hydrogens (tertiary/aromatic N) is 1. The van der Waals surface area contributed by atoms with Gasteiger partial charge in [0.2, 0.25) is 5.91 Å². The van der Waals surface area contributed by atoms with Gasteiger partial charge in [-0.15, -0.1) is 0 Å². The smallest absolute Gasteiger partial charge is 0.261 e. The van der Waals surface area contributed by atoms with Crippen LogP contribution < -0.4 is 14.8 Å². The molecule has 0 bridgehead atoms. The zero-order valence-corrected chi connectivity index (χ0v) is 25.2. The van der Waals surface area contributed by atoms with Gasteiger partial charge in [-0.3, -0.25) is 9.59 Å². The molecule has 0 fully saturated rings. The second-order valence-corrected chi connectivity index (χ2v) is 11.8. The third-order valence-corrected chi connectivity index (χ3v) is 6.85. The van der Waals surface area contributed by atoms with Gasteiger partial charge in [0.05, 0.1) is 11.6 Å². The molecular formula is C32H39BrN2O4. The van der Waals surface area contributed by atoms with E-state index in [0.29, 0.717) is 23.8 Å². The molecule has 0 saturated heterocycles. The van der Waals surface area contributed by atoms with Crippen molar-refractivity contribution in [1.29, 1.82) is 0 Å². The molecule has 0 aliphatic carbocycles. The molecule has 1 N–H and O–H groups in total. The summed E-state index contributed by atoms with van der Waals surface area (Å²) in [6, 6.07) is 22.4. The van der Waals surface area contributed by atoms with E-state index in [0.717, 1.165) is 15.6 Å². The van der Waals surface area contributed by atoms with Crippen LogP contribution in [0.3, 0.4) is 0 Å². The normalized spacial score (nSPS) is 12.1. The Labute approximate surface area is 240 Å². The van der Waals surface area contributed by atoms with Crippen molar-refractivity contribution in [1.82, 2.24) is 10.2 Å². The number of nitrogens with one attached hydrogen (secondary N) is 1. The van der Waals surface area contributed by atoms with Crippen LogP contribution in [0.5, 0.6) is 11.5 Å². The Bertz CT molecular complexity index is 1250. The highest BCUT2D eigenvalue weighted by atomic mass is 79.9. The first-order valence-corrected chi connectivity index (χ1v) is 14.0. The van der Waals surface area contributed by atoms with E-state index in [1.54, 1.807) is 12.0 Å². The van der Waals surface area contributed by atoms with Gasteiger partial charge in [0, 0.05) is 18.5 Å². The van der Waals surface area contributed by atoms with Gasteiger partial charge in [-0.1, -0.05) is 62.4 Å². The minimum absolute atomic E-state index is 0.211. The van der Waals surface area contributed by atoms with Gasteiger partial charge in [0.15, 0.2) is 6.61 Å². The van der Waals surface area contributed by atoms with Crippen molar-refractivity contribution in [3.8, 4) is 11.5 Å². The Morgan fingerprint density at radius 2 is 1.64 bits per heavy atom. The zero-order chi connectivity index (χ0) is 28.6. The van der Waals surface area contributed by atoms with Crippen molar-refractivity contribution in [2.45, 2.75) is 65.1 Å². The summed E-state index contributed by atoms with van der Waals surface area (Å²) in [6.07, 6.45) is 0.366. The van der Waals surface area contributed by atoms with Crippen LogP contribution in [0.2, 0.25) is 0 Å². The first-order valence-electron chi connectivity index (χ1n) is 13.2. The molecule has 7 heteroatoms. The predicted molar refractivity (Wildman–Crippen MR) is 159 cm³/mol. The average Bonchev–Trinajstić information content (AvgIpc) is 2.89. The van der Waals surface area contributed by atoms with Crippen molar-refractivity contribution in [3.63, 3.8) is 0 Å². The molecule has 3 aromatic carbocycles. The number of hydrogen-bond donors (Lipinski definition) is 1. The Balaban J connectivity index is 1.94. The predicted octanol–water partition coefficient (Wildman–Crippen LogP) is 6.51. The average molecular weight is 596 g/mol. The van der Waals surface area contributed by atoms with Crippen LogP contribution in [0, 0.1) is 0 Å². The third kappa shape index (κ3) is 9.13. The monoisotopic (exact) mass is 594 g/mol. The van der Waals surface area contributed by atoms with Crippen LogP contribution in [0.15, 0.2) is 77.3 Å². The van der Waals surface area contributed by atoms with Gasteiger partial charge < -0.3 is 19.7 Å². The fourth-order valence-electron chi connectivity index (χ4n) is 4.19. The first-order chi connectivity index (χ1) is 18.5. The highest BCUT2D eigenvalue weighted by Gasteiger charge is 2.32. The molecule has 2 amide bonds. The second-order valence-electron chi connectivity index (χ2n) is 11.0. The summed E-state index contributed by atoms with van der Waals surface area (Å²) in [5.41, 5.74) is 2.52. The standard InChI is InChI=1S/C32H39BrN2O4/c1-22(2)25-15-16-29(27(33)19-25)39-21-30(36)35(20-24-13-10-14-26(17-24)38-6)28(31(37)34-32(3,4)5)18-23-11-8-7-9-12-23/h7-17,19,22,28H,18,20-21H2,1-6H3,(H,34,37)/t28-/m0/s1. The van der Waals surface area contributed by atoms with Crippen LogP contribution in [0.4, 0.5) is 0 Å². The second kappa shape index (κ2) is 13.7. The number of hydrogen-bond acceptors (Lipinski definition) is 4. The van der Waals surface area contributed by atoms with Gasteiger partial charge in [0.1, 0.15) is 17.5 Å². The van der Waals surface area contributed by atoms with Gasteiger partial charge in [0.25, 0.3) is 5.91 Å². The largest absolute Gasteiger partial charge is 0.497 e. The van der Waals surface area contributed by atoms with Gasteiger partial charge in [-0.2, -0.15) is 0 Å². The summed E-state index contributed by atoms with van der Waals surface area (Å²) >= 11 is 3.57. The number of ether oxygens (including phenoxy) is 2. The van der Waals surface area contributed by atoms with Crippen LogP contribution >= 0.6 is 15.9 Å². The number of benzene rings is 3. The maximum absolute atomic E-state index is 13.8. The first kappa shape index (κ1) is 30.2. The highest BCUT2D eigenvalue weighted by Crippen LogP contribution is 2.29. The summed E-state index contributed by atoms with van der Waals surface area (Å²) < 4.78 is 12.2. The molecule has 39 heavy (non-hydrogen) atoms. The van der Waals surface area contributed by atoms with E-state index < -0.39 is 11.6 Å². The fourth-order valence-corrected chi connectivity index (χ4v) is 4.70. The molecule has 1 atom stereocenters. The van der Waals surface area contributed by atoms with E-state index in [-0.39, 0.29) is 25.0 Å². The molecule has 208 valence electrons. The molecule has 0 radical (unpaired) electrons. The number of halogens is 1.